The van der Waals surface area contributed by atoms with Crippen LogP contribution in [0.1, 0.15) is 66.2 Å². The summed E-state index contributed by atoms with van der Waals surface area (Å²) in [6.07, 6.45) is 8.25. The molecule has 0 amide bonds. The van der Waals surface area contributed by atoms with Gasteiger partial charge in [0.05, 0.1) is 5.41 Å². The summed E-state index contributed by atoms with van der Waals surface area (Å²) < 4.78 is 5.93. The van der Waals surface area contributed by atoms with Crippen molar-refractivity contribution in [1.29, 1.82) is 0 Å². The monoisotopic (exact) mass is 304 g/mol. The minimum atomic E-state index is -0.332. The fraction of sp³-hybridized carbons (Fsp3) is 0.950. The van der Waals surface area contributed by atoms with E-state index in [1.807, 2.05) is 13.8 Å². The number of esters is 1. The Morgan fingerprint density at radius 3 is 2.45 bits per heavy atom. The number of carbonyl (C=O) groups excluding carboxylic acids is 1. The van der Waals surface area contributed by atoms with Crippen LogP contribution in [0, 0.1) is 46.8 Å². The summed E-state index contributed by atoms with van der Waals surface area (Å²) in [4.78, 5) is 12.4. The van der Waals surface area contributed by atoms with Gasteiger partial charge in [-0.1, -0.05) is 6.92 Å². The van der Waals surface area contributed by atoms with Gasteiger partial charge < -0.3 is 4.74 Å². The maximum absolute atomic E-state index is 12.4. The number of ether oxygens (including phenoxy) is 1. The first-order valence-corrected chi connectivity index (χ1v) is 9.63. The topological polar surface area (TPSA) is 26.3 Å². The molecule has 4 bridgehead atoms. The predicted molar refractivity (Wildman–Crippen MR) is 87.1 cm³/mol. The Bertz CT molecular complexity index is 468. The molecule has 4 fully saturated rings. The van der Waals surface area contributed by atoms with Crippen molar-refractivity contribution in [2.75, 3.05) is 0 Å². The standard InChI is InChI=1S/C20H32O2/c1-5-20(3,4)19(21)22-11(2)15-9-14-10-16(15)18-13-7-6-12(8-13)17(14)18/h11-18H,5-10H2,1-4H3. The zero-order valence-corrected chi connectivity index (χ0v) is 14.7. The smallest absolute Gasteiger partial charge is 0.311 e. The molecule has 4 aliphatic rings. The van der Waals surface area contributed by atoms with E-state index in [-0.39, 0.29) is 17.5 Å². The summed E-state index contributed by atoms with van der Waals surface area (Å²) in [6, 6.07) is 0. The first-order chi connectivity index (χ1) is 10.4. The molecule has 0 saturated heterocycles. The maximum atomic E-state index is 12.4. The molecule has 22 heavy (non-hydrogen) atoms. The Morgan fingerprint density at radius 1 is 1.09 bits per heavy atom. The predicted octanol–water partition coefficient (Wildman–Crippen LogP) is 4.67. The Labute approximate surface area is 135 Å². The molecule has 0 spiro atoms. The molecule has 4 aliphatic carbocycles. The van der Waals surface area contributed by atoms with Crippen molar-refractivity contribution in [3.8, 4) is 0 Å². The lowest BCUT2D eigenvalue weighted by molar-refractivity contribution is -0.163. The van der Waals surface area contributed by atoms with Crippen molar-refractivity contribution >= 4 is 5.97 Å². The van der Waals surface area contributed by atoms with E-state index in [0.717, 1.165) is 41.9 Å². The molecule has 124 valence electrons. The van der Waals surface area contributed by atoms with E-state index in [9.17, 15) is 4.79 Å². The Hall–Kier alpha value is -0.530. The summed E-state index contributed by atoms with van der Waals surface area (Å²) in [5, 5.41) is 0. The lowest BCUT2D eigenvalue weighted by Gasteiger charge is -2.40. The summed E-state index contributed by atoms with van der Waals surface area (Å²) in [6.45, 7) is 8.25. The van der Waals surface area contributed by atoms with Gasteiger partial charge >= 0.3 is 5.97 Å². The molecular formula is C20H32O2. The third kappa shape index (κ3) is 2.01. The molecule has 8 atom stereocenters. The van der Waals surface area contributed by atoms with Crippen molar-refractivity contribution in [3.05, 3.63) is 0 Å². The van der Waals surface area contributed by atoms with E-state index in [4.69, 9.17) is 4.74 Å². The highest BCUT2D eigenvalue weighted by Gasteiger charge is 2.63. The maximum Gasteiger partial charge on any atom is 0.311 e. The van der Waals surface area contributed by atoms with Crippen LogP contribution in [0.15, 0.2) is 0 Å². The lowest BCUT2D eigenvalue weighted by Crippen LogP contribution is -2.39. The van der Waals surface area contributed by atoms with Gasteiger partial charge in [-0.15, -0.1) is 0 Å². The number of hydrogen-bond donors (Lipinski definition) is 0. The first kappa shape index (κ1) is 15.0. The summed E-state index contributed by atoms with van der Waals surface area (Å²) >= 11 is 0. The van der Waals surface area contributed by atoms with Gasteiger partial charge in [0.25, 0.3) is 0 Å². The van der Waals surface area contributed by atoms with Gasteiger partial charge in [0, 0.05) is 0 Å². The molecule has 4 saturated carbocycles. The SMILES string of the molecule is CCC(C)(C)C(=O)OC(C)C1CC2CC1C1C3CCC(C3)C21. The van der Waals surface area contributed by atoms with Crippen LogP contribution in [-0.2, 0) is 9.53 Å². The Balaban J connectivity index is 1.44. The van der Waals surface area contributed by atoms with Crippen LogP contribution in [0.4, 0.5) is 0 Å². The van der Waals surface area contributed by atoms with E-state index >= 15 is 0 Å². The van der Waals surface area contributed by atoms with Crippen molar-refractivity contribution < 1.29 is 9.53 Å². The first-order valence-electron chi connectivity index (χ1n) is 9.63. The zero-order valence-electron chi connectivity index (χ0n) is 14.7. The summed E-state index contributed by atoms with van der Waals surface area (Å²) in [5.74, 6) is 6.58. The van der Waals surface area contributed by atoms with E-state index in [0.29, 0.717) is 5.92 Å². The second-order valence-electron chi connectivity index (χ2n) is 9.39. The molecule has 4 rings (SSSR count). The molecule has 0 aliphatic heterocycles. The van der Waals surface area contributed by atoms with Crippen molar-refractivity contribution in [2.24, 2.45) is 46.8 Å². The summed E-state index contributed by atoms with van der Waals surface area (Å²) in [7, 11) is 0. The van der Waals surface area contributed by atoms with Crippen molar-refractivity contribution in [3.63, 3.8) is 0 Å². The largest absolute Gasteiger partial charge is 0.462 e. The normalized spacial score (nSPS) is 46.8. The van der Waals surface area contributed by atoms with Crippen molar-refractivity contribution in [1.82, 2.24) is 0 Å². The average Bonchev–Trinajstić information content (AvgIpc) is 3.24. The van der Waals surface area contributed by atoms with Crippen LogP contribution < -0.4 is 0 Å². The van der Waals surface area contributed by atoms with E-state index in [1.165, 1.54) is 32.1 Å². The molecule has 8 unspecified atom stereocenters. The highest BCUT2D eigenvalue weighted by atomic mass is 16.5. The van der Waals surface area contributed by atoms with Crippen molar-refractivity contribution in [2.45, 2.75) is 72.3 Å². The molecule has 0 aromatic carbocycles. The average molecular weight is 304 g/mol. The van der Waals surface area contributed by atoms with Gasteiger partial charge in [-0.2, -0.15) is 0 Å². The lowest BCUT2D eigenvalue weighted by atomic mass is 9.66. The Morgan fingerprint density at radius 2 is 1.77 bits per heavy atom. The molecule has 2 heteroatoms. The van der Waals surface area contributed by atoms with Crippen LogP contribution in [0.3, 0.4) is 0 Å². The third-order valence-corrected chi connectivity index (χ3v) is 8.12. The van der Waals surface area contributed by atoms with Gasteiger partial charge in [0.1, 0.15) is 6.10 Å². The van der Waals surface area contributed by atoms with E-state index < -0.39 is 0 Å². The fourth-order valence-corrected chi connectivity index (χ4v) is 6.72. The van der Waals surface area contributed by atoms with Crippen LogP contribution in [0.2, 0.25) is 0 Å². The van der Waals surface area contributed by atoms with Gasteiger partial charge in [-0.3, -0.25) is 4.79 Å². The quantitative estimate of drug-likeness (QED) is 0.557. The molecule has 2 nitrogen and oxygen atoms in total. The highest BCUT2D eigenvalue weighted by Crippen LogP contribution is 2.69. The molecule has 0 N–H and O–H groups in total. The second kappa shape index (κ2) is 4.98. The van der Waals surface area contributed by atoms with Gasteiger partial charge in [-0.25, -0.2) is 0 Å². The zero-order chi connectivity index (χ0) is 15.6. The molecule has 0 aromatic heterocycles. The van der Waals surface area contributed by atoms with E-state index in [1.54, 1.807) is 0 Å². The minimum absolute atomic E-state index is 0.00904. The molecule has 0 heterocycles. The van der Waals surface area contributed by atoms with Gasteiger partial charge in [-0.05, 0) is 101 Å². The van der Waals surface area contributed by atoms with Crippen LogP contribution in [0.5, 0.6) is 0 Å². The highest BCUT2D eigenvalue weighted by molar-refractivity contribution is 5.76. The van der Waals surface area contributed by atoms with Crippen LogP contribution >= 0.6 is 0 Å². The number of rotatable bonds is 4. The van der Waals surface area contributed by atoms with Crippen LogP contribution in [0.25, 0.3) is 0 Å². The molecule has 0 aromatic rings. The van der Waals surface area contributed by atoms with Gasteiger partial charge in [0.15, 0.2) is 0 Å². The number of hydrogen-bond acceptors (Lipinski definition) is 2. The fourth-order valence-electron chi connectivity index (χ4n) is 6.72. The van der Waals surface area contributed by atoms with Gasteiger partial charge in [0.2, 0.25) is 0 Å². The van der Waals surface area contributed by atoms with E-state index in [2.05, 4.69) is 13.8 Å². The third-order valence-electron chi connectivity index (χ3n) is 8.12. The minimum Gasteiger partial charge on any atom is -0.462 e. The number of carbonyl (C=O) groups is 1. The Kier molecular flexibility index (Phi) is 3.40. The van der Waals surface area contributed by atoms with Crippen LogP contribution in [-0.4, -0.2) is 12.1 Å². The molecular weight excluding hydrogens is 272 g/mol. The number of fused-ring (bicyclic) bond motifs is 9. The second-order valence-corrected chi connectivity index (χ2v) is 9.39. The molecule has 0 radical (unpaired) electrons. The summed E-state index contributed by atoms with van der Waals surface area (Å²) in [5.41, 5.74) is -0.332.